The Hall–Kier alpha value is -0.810. The monoisotopic (exact) mass is 386 g/mol. The van der Waals surface area contributed by atoms with E-state index in [0.717, 1.165) is 4.57 Å². The van der Waals surface area contributed by atoms with Crippen molar-refractivity contribution in [1.29, 1.82) is 0 Å². The summed E-state index contributed by atoms with van der Waals surface area (Å²) in [6, 6.07) is 0. The highest BCUT2D eigenvalue weighted by Gasteiger charge is 2.37. The standard InChI is InChI=1S/C9H12BrN2O8P/c10-4-2-12(9(15)11-8(4)14)7-1-5(13)6(20-7)3-19-21(16,17)18/h2,5-7,13H,1,3H2,(H,11,14,15)(H2,16,17,18)/t5-,6+,7+/m0/s1. The highest BCUT2D eigenvalue weighted by atomic mass is 79.9. The number of nitrogens with one attached hydrogen (secondary N) is 1. The normalized spacial score (nSPS) is 26.2. The van der Waals surface area contributed by atoms with E-state index in [9.17, 15) is 19.3 Å². The first-order valence-corrected chi connectivity index (χ1v) is 8.04. The third kappa shape index (κ3) is 4.10. The van der Waals surface area contributed by atoms with Gasteiger partial charge in [-0.05, 0) is 15.9 Å². The van der Waals surface area contributed by atoms with E-state index in [1.165, 1.54) is 6.20 Å². The van der Waals surface area contributed by atoms with Gasteiger partial charge in [-0.3, -0.25) is 18.9 Å². The Bertz CT molecular complexity index is 681. The van der Waals surface area contributed by atoms with Gasteiger partial charge in [0, 0.05) is 12.6 Å². The van der Waals surface area contributed by atoms with Gasteiger partial charge in [-0.2, -0.15) is 0 Å². The number of phosphoric ester groups is 1. The molecule has 10 nitrogen and oxygen atoms in total. The van der Waals surface area contributed by atoms with E-state index >= 15 is 0 Å². The van der Waals surface area contributed by atoms with Gasteiger partial charge in [0.2, 0.25) is 0 Å². The maximum atomic E-state index is 11.7. The summed E-state index contributed by atoms with van der Waals surface area (Å²) in [6.45, 7) is -0.527. The zero-order valence-corrected chi connectivity index (χ0v) is 12.9. The highest BCUT2D eigenvalue weighted by molar-refractivity contribution is 9.10. The molecule has 1 aliphatic heterocycles. The van der Waals surface area contributed by atoms with Gasteiger partial charge in [-0.25, -0.2) is 9.36 Å². The lowest BCUT2D eigenvalue weighted by Gasteiger charge is -2.16. The molecule has 0 amide bonds. The van der Waals surface area contributed by atoms with Crippen molar-refractivity contribution in [1.82, 2.24) is 9.55 Å². The Labute approximate surface area is 125 Å². The molecule has 2 rings (SSSR count). The predicted molar refractivity (Wildman–Crippen MR) is 71.6 cm³/mol. The molecular formula is C9H12BrN2O8P. The van der Waals surface area contributed by atoms with Crippen LogP contribution in [0.3, 0.4) is 0 Å². The Morgan fingerprint density at radius 2 is 2.19 bits per heavy atom. The summed E-state index contributed by atoms with van der Waals surface area (Å²) in [7, 11) is -4.67. The summed E-state index contributed by atoms with van der Waals surface area (Å²) in [5, 5.41) is 9.78. The zero-order valence-electron chi connectivity index (χ0n) is 10.4. The van der Waals surface area contributed by atoms with Crippen LogP contribution >= 0.6 is 23.8 Å². The number of H-pyrrole nitrogens is 1. The minimum absolute atomic E-state index is 0.00752. The quantitative estimate of drug-likeness (QED) is 0.483. The lowest BCUT2D eigenvalue weighted by Crippen LogP contribution is -2.32. The van der Waals surface area contributed by atoms with Crippen LogP contribution in [0.4, 0.5) is 0 Å². The average Bonchev–Trinajstić information content (AvgIpc) is 2.72. The number of rotatable bonds is 4. The molecule has 0 radical (unpaired) electrons. The van der Waals surface area contributed by atoms with Gasteiger partial charge in [0.05, 0.1) is 17.2 Å². The molecule has 0 bridgehead atoms. The topological polar surface area (TPSA) is 151 Å². The van der Waals surface area contributed by atoms with Crippen molar-refractivity contribution in [3.63, 3.8) is 0 Å². The molecule has 4 N–H and O–H groups in total. The molecule has 1 aliphatic rings. The van der Waals surface area contributed by atoms with Crippen LogP contribution in [-0.4, -0.2) is 43.3 Å². The summed E-state index contributed by atoms with van der Waals surface area (Å²) >= 11 is 2.97. The van der Waals surface area contributed by atoms with Gasteiger partial charge in [0.1, 0.15) is 12.3 Å². The lowest BCUT2D eigenvalue weighted by atomic mass is 10.2. The molecule has 1 aromatic heterocycles. The molecule has 118 valence electrons. The van der Waals surface area contributed by atoms with E-state index in [1.807, 2.05) is 0 Å². The molecule has 0 aromatic carbocycles. The number of aromatic nitrogens is 2. The summed E-state index contributed by atoms with van der Waals surface area (Å²) in [5.41, 5.74) is -1.33. The first kappa shape index (κ1) is 16.6. The predicted octanol–water partition coefficient (Wildman–Crippen LogP) is -0.943. The van der Waals surface area contributed by atoms with Crippen molar-refractivity contribution < 1.29 is 28.7 Å². The maximum absolute atomic E-state index is 11.7. The van der Waals surface area contributed by atoms with Crippen molar-refractivity contribution in [3.05, 3.63) is 31.5 Å². The molecule has 3 atom stereocenters. The van der Waals surface area contributed by atoms with Crippen molar-refractivity contribution >= 4 is 23.8 Å². The van der Waals surface area contributed by atoms with E-state index < -0.39 is 44.1 Å². The lowest BCUT2D eigenvalue weighted by molar-refractivity contribution is -0.0451. The Balaban J connectivity index is 2.14. The average molecular weight is 387 g/mol. The van der Waals surface area contributed by atoms with Crippen LogP contribution in [0.5, 0.6) is 0 Å². The number of hydrogen-bond donors (Lipinski definition) is 4. The summed E-state index contributed by atoms with van der Waals surface area (Å²) < 4.78 is 21.4. The van der Waals surface area contributed by atoms with Gasteiger partial charge < -0.3 is 19.6 Å². The maximum Gasteiger partial charge on any atom is 0.469 e. The number of nitrogens with zero attached hydrogens (tertiary/aromatic N) is 1. The molecule has 0 aliphatic carbocycles. The summed E-state index contributed by atoms with van der Waals surface area (Å²) in [6.07, 6.45) is -1.73. The molecule has 1 aromatic rings. The number of halogens is 1. The van der Waals surface area contributed by atoms with Gasteiger partial charge in [0.25, 0.3) is 5.56 Å². The largest absolute Gasteiger partial charge is 0.469 e. The first-order valence-electron chi connectivity index (χ1n) is 5.72. The van der Waals surface area contributed by atoms with Crippen molar-refractivity contribution in [2.24, 2.45) is 0 Å². The molecule has 12 heteroatoms. The molecule has 2 heterocycles. The Kier molecular flexibility index (Phi) is 4.83. The molecule has 21 heavy (non-hydrogen) atoms. The fourth-order valence-electron chi connectivity index (χ4n) is 1.88. The van der Waals surface area contributed by atoms with E-state index in [1.54, 1.807) is 0 Å². The van der Waals surface area contributed by atoms with E-state index in [2.05, 4.69) is 25.4 Å². The number of aliphatic hydroxyl groups excluding tert-OH is 1. The highest BCUT2D eigenvalue weighted by Crippen LogP contribution is 2.38. The van der Waals surface area contributed by atoms with Crippen molar-refractivity contribution in [2.45, 2.75) is 24.9 Å². The molecule has 0 spiro atoms. The molecule has 0 unspecified atom stereocenters. The Morgan fingerprint density at radius 3 is 2.81 bits per heavy atom. The van der Waals surface area contributed by atoms with Gasteiger partial charge >= 0.3 is 13.5 Å². The third-order valence-corrected chi connectivity index (χ3v) is 3.90. The number of aromatic amines is 1. The van der Waals surface area contributed by atoms with Gasteiger partial charge in [0.15, 0.2) is 0 Å². The number of aliphatic hydroxyl groups is 1. The second kappa shape index (κ2) is 6.13. The molecule has 0 saturated carbocycles. The SMILES string of the molecule is O=c1[nH]c(=O)n([C@H]2C[C@H](O)[C@@H](COP(=O)(O)O)O2)cc1Br. The number of phosphoric acid groups is 1. The second-order valence-electron chi connectivity index (χ2n) is 4.36. The van der Waals surface area contributed by atoms with E-state index in [4.69, 9.17) is 14.5 Å². The fourth-order valence-corrected chi connectivity index (χ4v) is 2.54. The van der Waals surface area contributed by atoms with Crippen LogP contribution in [0.2, 0.25) is 0 Å². The first-order chi connectivity index (χ1) is 9.67. The van der Waals surface area contributed by atoms with Crippen LogP contribution in [0.25, 0.3) is 0 Å². The van der Waals surface area contributed by atoms with Crippen LogP contribution in [0, 0.1) is 0 Å². The van der Waals surface area contributed by atoms with E-state index in [0.29, 0.717) is 0 Å². The smallest absolute Gasteiger partial charge is 0.390 e. The van der Waals surface area contributed by atoms with Crippen molar-refractivity contribution in [3.8, 4) is 0 Å². The minimum Gasteiger partial charge on any atom is -0.390 e. The van der Waals surface area contributed by atoms with Gasteiger partial charge in [-0.1, -0.05) is 0 Å². The van der Waals surface area contributed by atoms with Crippen LogP contribution in [0.1, 0.15) is 12.6 Å². The summed E-state index contributed by atoms with van der Waals surface area (Å²) in [4.78, 5) is 42.2. The van der Waals surface area contributed by atoms with Crippen molar-refractivity contribution in [2.75, 3.05) is 6.61 Å². The van der Waals surface area contributed by atoms with Gasteiger partial charge in [-0.15, -0.1) is 0 Å². The van der Waals surface area contributed by atoms with Crippen LogP contribution in [-0.2, 0) is 13.8 Å². The van der Waals surface area contributed by atoms with Crippen LogP contribution < -0.4 is 11.2 Å². The second-order valence-corrected chi connectivity index (χ2v) is 6.46. The van der Waals surface area contributed by atoms with Crippen LogP contribution in [0.15, 0.2) is 20.3 Å². The fraction of sp³-hybridized carbons (Fsp3) is 0.556. The minimum atomic E-state index is -4.67. The Morgan fingerprint density at radius 1 is 1.52 bits per heavy atom. The zero-order chi connectivity index (χ0) is 15.8. The van der Waals surface area contributed by atoms with E-state index in [-0.39, 0.29) is 10.9 Å². The number of hydrogen-bond acceptors (Lipinski definition) is 6. The number of ether oxygens (including phenoxy) is 1. The summed E-state index contributed by atoms with van der Waals surface area (Å²) in [5.74, 6) is 0. The third-order valence-electron chi connectivity index (χ3n) is 2.85. The molecule has 1 saturated heterocycles. The molecular weight excluding hydrogens is 375 g/mol. The molecule has 1 fully saturated rings.